The van der Waals surface area contributed by atoms with Crippen LogP contribution < -0.4 is 5.73 Å². The Morgan fingerprint density at radius 3 is 1.93 bits per heavy atom. The molecule has 2 heteroatoms. The first-order chi connectivity index (χ1) is 7.38. The molecule has 78 valence electrons. The minimum atomic E-state index is 0.800. The zero-order chi connectivity index (χ0) is 11.1. The van der Waals surface area contributed by atoms with Crippen LogP contribution in [0.1, 0.15) is 0 Å². The second kappa shape index (κ2) is 6.23. The Bertz CT molecular complexity index is 398. The van der Waals surface area contributed by atoms with Gasteiger partial charge in [-0.3, -0.25) is 0 Å². The van der Waals surface area contributed by atoms with E-state index in [4.69, 9.17) is 11.6 Å². The van der Waals surface area contributed by atoms with Crippen molar-refractivity contribution in [2.24, 2.45) is 5.73 Å². The molecule has 0 aromatic heterocycles. The van der Waals surface area contributed by atoms with Crippen LogP contribution in [0.4, 0.5) is 0 Å². The van der Waals surface area contributed by atoms with Gasteiger partial charge in [0, 0.05) is 10.6 Å². The molecule has 2 aromatic carbocycles. The monoisotopic (exact) mass is 219 g/mol. The summed E-state index contributed by atoms with van der Waals surface area (Å²) < 4.78 is 0. The van der Waals surface area contributed by atoms with Gasteiger partial charge < -0.3 is 5.73 Å². The highest BCUT2D eigenvalue weighted by Gasteiger charge is 1.99. The molecule has 0 saturated heterocycles. The summed E-state index contributed by atoms with van der Waals surface area (Å²) in [4.78, 5) is 0. The van der Waals surface area contributed by atoms with Crippen molar-refractivity contribution in [3.63, 3.8) is 0 Å². The fourth-order valence-corrected chi connectivity index (χ4v) is 1.56. The fraction of sp³-hybridized carbons (Fsp3) is 0.0769. The van der Waals surface area contributed by atoms with Crippen LogP contribution >= 0.6 is 11.6 Å². The van der Waals surface area contributed by atoms with Crippen molar-refractivity contribution in [1.29, 1.82) is 0 Å². The number of rotatable bonds is 1. The molecule has 15 heavy (non-hydrogen) atoms. The highest BCUT2D eigenvalue weighted by Crippen LogP contribution is 2.26. The predicted octanol–water partition coefficient (Wildman–Crippen LogP) is 3.58. The summed E-state index contributed by atoms with van der Waals surface area (Å²) in [6.07, 6.45) is 0. The molecule has 0 atom stereocenters. The van der Waals surface area contributed by atoms with Crippen LogP contribution in [0.25, 0.3) is 11.1 Å². The molecule has 0 saturated carbocycles. The van der Waals surface area contributed by atoms with E-state index in [1.54, 1.807) is 0 Å². The third kappa shape index (κ3) is 3.08. The summed E-state index contributed by atoms with van der Waals surface area (Å²) in [6, 6.07) is 18.0. The van der Waals surface area contributed by atoms with E-state index in [0.717, 1.165) is 16.1 Å². The number of nitrogens with two attached hydrogens (primary N) is 1. The van der Waals surface area contributed by atoms with Gasteiger partial charge in [-0.2, -0.15) is 0 Å². The third-order valence-electron chi connectivity index (χ3n) is 1.96. The molecule has 2 N–H and O–H groups in total. The Balaban J connectivity index is 0.000000531. The lowest BCUT2D eigenvalue weighted by molar-refractivity contribution is 1.48. The van der Waals surface area contributed by atoms with Crippen molar-refractivity contribution in [1.82, 2.24) is 0 Å². The Hall–Kier alpha value is -1.31. The van der Waals surface area contributed by atoms with Gasteiger partial charge in [-0.25, -0.2) is 0 Å². The Morgan fingerprint density at radius 2 is 1.33 bits per heavy atom. The van der Waals surface area contributed by atoms with Crippen LogP contribution in [0.15, 0.2) is 54.6 Å². The topological polar surface area (TPSA) is 26.0 Å². The second-order valence-corrected chi connectivity index (χ2v) is 3.25. The molecule has 0 aliphatic carbocycles. The van der Waals surface area contributed by atoms with Crippen molar-refractivity contribution in [3.05, 3.63) is 59.6 Å². The predicted molar refractivity (Wildman–Crippen MR) is 67.0 cm³/mol. The van der Waals surface area contributed by atoms with E-state index in [9.17, 15) is 0 Å². The molecule has 0 heterocycles. The van der Waals surface area contributed by atoms with Gasteiger partial charge in [0.2, 0.25) is 0 Å². The third-order valence-corrected chi connectivity index (χ3v) is 2.29. The minimum absolute atomic E-state index is 0.800. The van der Waals surface area contributed by atoms with E-state index in [-0.39, 0.29) is 0 Å². The van der Waals surface area contributed by atoms with Crippen LogP contribution in [0, 0.1) is 0 Å². The lowest BCUT2D eigenvalue weighted by Crippen LogP contribution is -1.77. The van der Waals surface area contributed by atoms with E-state index in [2.05, 4.69) is 17.9 Å². The summed E-state index contributed by atoms with van der Waals surface area (Å²) in [6.45, 7) is 0. The second-order valence-electron chi connectivity index (χ2n) is 2.85. The first-order valence-corrected chi connectivity index (χ1v) is 5.13. The summed E-state index contributed by atoms with van der Waals surface area (Å²) in [5.41, 5.74) is 6.75. The number of halogens is 1. The summed E-state index contributed by atoms with van der Waals surface area (Å²) in [5, 5.41) is 0.800. The van der Waals surface area contributed by atoms with Crippen LogP contribution in [0.2, 0.25) is 5.02 Å². The number of hydrogen-bond donors (Lipinski definition) is 1. The summed E-state index contributed by atoms with van der Waals surface area (Å²) in [7, 11) is 1.50. The van der Waals surface area contributed by atoms with Crippen LogP contribution in [-0.4, -0.2) is 7.05 Å². The summed E-state index contributed by atoms with van der Waals surface area (Å²) in [5.74, 6) is 0. The van der Waals surface area contributed by atoms with E-state index in [1.165, 1.54) is 7.05 Å². The van der Waals surface area contributed by atoms with Crippen LogP contribution in [0.3, 0.4) is 0 Å². The normalized spacial score (nSPS) is 9.00. The van der Waals surface area contributed by atoms with E-state index < -0.39 is 0 Å². The quantitative estimate of drug-likeness (QED) is 0.780. The van der Waals surface area contributed by atoms with Gasteiger partial charge in [0.05, 0.1) is 0 Å². The molecule has 0 bridgehead atoms. The summed E-state index contributed by atoms with van der Waals surface area (Å²) >= 11 is 6.06. The molecule has 2 rings (SSSR count). The minimum Gasteiger partial charge on any atom is -0.333 e. The first kappa shape index (κ1) is 11.8. The van der Waals surface area contributed by atoms with Crippen molar-refractivity contribution in [2.45, 2.75) is 0 Å². The molecule has 0 radical (unpaired) electrons. The van der Waals surface area contributed by atoms with E-state index in [0.29, 0.717) is 0 Å². The van der Waals surface area contributed by atoms with Crippen molar-refractivity contribution in [2.75, 3.05) is 7.05 Å². The van der Waals surface area contributed by atoms with Gasteiger partial charge in [0.25, 0.3) is 0 Å². The smallest absolute Gasteiger partial charge is 0.0484 e. The molecule has 0 fully saturated rings. The van der Waals surface area contributed by atoms with Gasteiger partial charge >= 0.3 is 0 Å². The van der Waals surface area contributed by atoms with E-state index in [1.807, 2.05) is 42.5 Å². The number of benzene rings is 2. The lowest BCUT2D eigenvalue weighted by atomic mass is 10.1. The van der Waals surface area contributed by atoms with Crippen LogP contribution in [-0.2, 0) is 0 Å². The average molecular weight is 220 g/mol. The average Bonchev–Trinajstić information content (AvgIpc) is 2.33. The lowest BCUT2D eigenvalue weighted by Gasteiger charge is -2.02. The van der Waals surface area contributed by atoms with Crippen LogP contribution in [0.5, 0.6) is 0 Å². The SMILES string of the molecule is CN.Clc1ccccc1-c1ccccc1. The largest absolute Gasteiger partial charge is 0.333 e. The Morgan fingerprint density at radius 1 is 0.800 bits per heavy atom. The standard InChI is InChI=1S/C12H9Cl.CH5N/c13-12-9-5-4-8-11(12)10-6-2-1-3-7-10;1-2/h1-9H;2H2,1H3. The molecule has 0 unspecified atom stereocenters. The zero-order valence-corrected chi connectivity index (χ0v) is 9.41. The highest BCUT2D eigenvalue weighted by atomic mass is 35.5. The van der Waals surface area contributed by atoms with Crippen molar-refractivity contribution < 1.29 is 0 Å². The Kier molecular flexibility index (Phi) is 4.88. The van der Waals surface area contributed by atoms with Crippen molar-refractivity contribution in [3.8, 4) is 11.1 Å². The molecule has 0 amide bonds. The molecule has 2 aromatic rings. The van der Waals surface area contributed by atoms with Gasteiger partial charge in [-0.15, -0.1) is 0 Å². The maximum atomic E-state index is 6.06. The zero-order valence-electron chi connectivity index (χ0n) is 8.65. The van der Waals surface area contributed by atoms with Gasteiger partial charge in [0.1, 0.15) is 0 Å². The molecule has 0 spiro atoms. The molecular formula is C13H14ClN. The molecule has 0 aliphatic heterocycles. The highest BCUT2D eigenvalue weighted by molar-refractivity contribution is 6.33. The van der Waals surface area contributed by atoms with E-state index >= 15 is 0 Å². The van der Waals surface area contributed by atoms with Gasteiger partial charge in [0.15, 0.2) is 0 Å². The molecular weight excluding hydrogens is 206 g/mol. The van der Waals surface area contributed by atoms with Gasteiger partial charge in [-0.1, -0.05) is 60.1 Å². The first-order valence-electron chi connectivity index (χ1n) is 4.75. The maximum absolute atomic E-state index is 6.06. The maximum Gasteiger partial charge on any atom is 0.0484 e. The number of hydrogen-bond acceptors (Lipinski definition) is 1. The molecule has 1 nitrogen and oxygen atoms in total. The fourth-order valence-electron chi connectivity index (χ4n) is 1.31. The Labute approximate surface area is 95.5 Å². The van der Waals surface area contributed by atoms with Gasteiger partial charge in [-0.05, 0) is 18.7 Å². The molecule has 0 aliphatic rings. The van der Waals surface area contributed by atoms with Crippen molar-refractivity contribution >= 4 is 11.6 Å².